The summed E-state index contributed by atoms with van der Waals surface area (Å²) >= 11 is 0. The summed E-state index contributed by atoms with van der Waals surface area (Å²) < 4.78 is 5.66. The molecule has 1 heterocycles. The Morgan fingerprint density at radius 2 is 1.53 bits per heavy atom. The van der Waals surface area contributed by atoms with Gasteiger partial charge in [-0.25, -0.2) is 9.36 Å². The first-order chi connectivity index (χ1) is 8.11. The molecule has 0 N–H and O–H groups in total. The molecule has 1 rings (SSSR count). The first-order valence-electron chi connectivity index (χ1n) is 5.60. The lowest BCUT2D eigenvalue weighted by atomic mass is 10.2. The van der Waals surface area contributed by atoms with Gasteiger partial charge in [-0.3, -0.25) is 4.79 Å². The van der Waals surface area contributed by atoms with Gasteiger partial charge in [-0.15, -0.1) is 0 Å². The molecule has 0 unspecified atom stereocenters. The number of nitrogens with zero attached hydrogens (tertiary/aromatic N) is 1. The van der Waals surface area contributed by atoms with Crippen molar-refractivity contribution in [2.45, 2.75) is 27.7 Å². The van der Waals surface area contributed by atoms with Gasteiger partial charge >= 0.3 is 5.76 Å². The summed E-state index contributed by atoms with van der Waals surface area (Å²) in [5, 5.41) is 0. The zero-order valence-electron chi connectivity index (χ0n) is 11.2. The number of rotatable bonds is 2. The largest absolute Gasteiger partial charge is 0.422 e. The maximum atomic E-state index is 11.4. The van der Waals surface area contributed by atoms with Crippen LogP contribution in [0, 0.1) is 0 Å². The van der Waals surface area contributed by atoms with Crippen LogP contribution in [0.5, 0.6) is 0 Å². The van der Waals surface area contributed by atoms with Crippen LogP contribution < -0.4 is 11.3 Å². The van der Waals surface area contributed by atoms with Crippen LogP contribution in [0.4, 0.5) is 0 Å². The predicted octanol–water partition coefficient (Wildman–Crippen LogP) is 2.68. The van der Waals surface area contributed by atoms with E-state index < -0.39 is 11.3 Å². The van der Waals surface area contributed by atoms with Crippen molar-refractivity contribution < 1.29 is 4.42 Å². The minimum Gasteiger partial charge on any atom is -0.409 e. The van der Waals surface area contributed by atoms with Crippen molar-refractivity contribution in [1.82, 2.24) is 4.57 Å². The smallest absolute Gasteiger partial charge is 0.409 e. The van der Waals surface area contributed by atoms with E-state index in [0.717, 1.165) is 4.57 Å². The van der Waals surface area contributed by atoms with Gasteiger partial charge in [0.2, 0.25) is 0 Å². The minimum absolute atomic E-state index is 0.156. The molecule has 0 amide bonds. The molecule has 0 aromatic carbocycles. The molecule has 1 aromatic rings. The summed E-state index contributed by atoms with van der Waals surface area (Å²) in [6, 6.07) is 0. The molecule has 0 aliphatic carbocycles. The van der Waals surface area contributed by atoms with E-state index in [0.29, 0.717) is 0 Å². The summed E-state index contributed by atoms with van der Waals surface area (Å²) in [5.74, 6) is -0.548. The van der Waals surface area contributed by atoms with Crippen LogP contribution >= 0.6 is 0 Å². The van der Waals surface area contributed by atoms with Crippen LogP contribution in [0.3, 0.4) is 0 Å². The van der Waals surface area contributed by atoms with Gasteiger partial charge in [0.25, 0.3) is 5.56 Å². The van der Waals surface area contributed by atoms with Crippen LogP contribution in [0.2, 0.25) is 0 Å². The number of aromatic nitrogens is 1. The summed E-state index contributed by atoms with van der Waals surface area (Å²) in [4.78, 5) is 22.4. The molecule has 1 aromatic heterocycles. The normalized spacial score (nSPS) is 8.06. The highest BCUT2D eigenvalue weighted by Gasteiger charge is 2.07. The average Bonchev–Trinajstić information content (AvgIpc) is 2.40. The van der Waals surface area contributed by atoms with Gasteiger partial charge in [0.1, 0.15) is 5.76 Å². The Morgan fingerprint density at radius 3 is 1.88 bits per heavy atom. The van der Waals surface area contributed by atoms with Crippen LogP contribution in [-0.2, 0) is 7.05 Å². The molecule has 0 atom stereocenters. The third-order valence-electron chi connectivity index (χ3n) is 1.66. The lowest BCUT2D eigenvalue weighted by Crippen LogP contribution is -2.31. The molecule has 0 bridgehead atoms. The number of hydrogen-bond acceptors (Lipinski definition) is 3. The first-order valence-corrected chi connectivity index (χ1v) is 5.60. The highest BCUT2D eigenvalue weighted by Crippen LogP contribution is 2.03. The van der Waals surface area contributed by atoms with Crippen molar-refractivity contribution in [3.8, 4) is 0 Å². The van der Waals surface area contributed by atoms with Gasteiger partial charge in [0.15, 0.2) is 0 Å². The van der Waals surface area contributed by atoms with Gasteiger partial charge in [-0.2, -0.15) is 0 Å². The van der Waals surface area contributed by atoms with E-state index in [2.05, 4.69) is 13.2 Å². The standard InChI is InChI=1S/C9H9NO3.2C2H6/c1-4-6-7(5-2)13-9(12)10(3)8(6)11;2*1-2/h4-5H,1-2H2,3H3;2*1-2H3. The monoisotopic (exact) mass is 239 g/mol. The second-order valence-electron chi connectivity index (χ2n) is 2.42. The molecule has 4 nitrogen and oxygen atoms in total. The summed E-state index contributed by atoms with van der Waals surface area (Å²) in [5.41, 5.74) is -0.182. The SMILES string of the molecule is C=Cc1oc(=O)n(C)c(=O)c1C=C.CC.CC. The van der Waals surface area contributed by atoms with Gasteiger partial charge in [0.05, 0.1) is 5.56 Å². The zero-order valence-corrected chi connectivity index (χ0v) is 11.2. The Morgan fingerprint density at radius 1 is 1.06 bits per heavy atom. The van der Waals surface area contributed by atoms with Crippen molar-refractivity contribution >= 4 is 12.2 Å². The molecule has 0 saturated carbocycles. The van der Waals surface area contributed by atoms with E-state index in [1.165, 1.54) is 19.2 Å². The molecule has 4 heteroatoms. The molecular formula is C13H21NO3. The first kappa shape index (κ1) is 17.6. The topological polar surface area (TPSA) is 52.2 Å². The van der Waals surface area contributed by atoms with Gasteiger partial charge < -0.3 is 4.42 Å². The molecule has 96 valence electrons. The van der Waals surface area contributed by atoms with Crippen molar-refractivity contribution in [1.29, 1.82) is 0 Å². The molecule has 0 spiro atoms. The van der Waals surface area contributed by atoms with Crippen LogP contribution in [0.1, 0.15) is 39.0 Å². The molecular weight excluding hydrogens is 218 g/mol. The maximum Gasteiger partial charge on any atom is 0.422 e. The quantitative estimate of drug-likeness (QED) is 0.797. The van der Waals surface area contributed by atoms with Crippen molar-refractivity contribution in [3.63, 3.8) is 0 Å². The van der Waals surface area contributed by atoms with Crippen LogP contribution in [0.15, 0.2) is 27.2 Å². The second-order valence-corrected chi connectivity index (χ2v) is 2.42. The third-order valence-corrected chi connectivity index (χ3v) is 1.66. The van der Waals surface area contributed by atoms with E-state index in [4.69, 9.17) is 4.42 Å². The van der Waals surface area contributed by atoms with Crippen LogP contribution in [-0.4, -0.2) is 4.57 Å². The second kappa shape index (κ2) is 9.39. The van der Waals surface area contributed by atoms with E-state index in [-0.39, 0.29) is 11.3 Å². The van der Waals surface area contributed by atoms with Crippen molar-refractivity contribution in [2.75, 3.05) is 0 Å². The Labute approximate surface area is 102 Å². The van der Waals surface area contributed by atoms with Gasteiger partial charge in [-0.05, 0) is 6.08 Å². The minimum atomic E-state index is -0.703. The third kappa shape index (κ3) is 4.26. The highest BCUT2D eigenvalue weighted by atomic mass is 16.4. The Balaban J connectivity index is 0. The summed E-state index contributed by atoms with van der Waals surface area (Å²) in [6.45, 7) is 14.9. The van der Waals surface area contributed by atoms with Crippen molar-refractivity contribution in [2.24, 2.45) is 7.05 Å². The maximum absolute atomic E-state index is 11.4. The molecule has 0 radical (unpaired) electrons. The van der Waals surface area contributed by atoms with E-state index in [1.54, 1.807) is 0 Å². The Hall–Kier alpha value is -1.84. The highest BCUT2D eigenvalue weighted by molar-refractivity contribution is 5.57. The fraction of sp³-hybridized carbons (Fsp3) is 0.385. The molecule has 0 saturated heterocycles. The predicted molar refractivity (Wildman–Crippen MR) is 73.1 cm³/mol. The number of hydrogen-bond donors (Lipinski definition) is 0. The summed E-state index contributed by atoms with van der Waals surface area (Å²) in [6.07, 6.45) is 2.64. The molecule has 0 fully saturated rings. The Bertz CT molecular complexity index is 467. The molecule has 17 heavy (non-hydrogen) atoms. The van der Waals surface area contributed by atoms with Crippen molar-refractivity contribution in [3.05, 3.63) is 45.4 Å². The Kier molecular flexibility index (Phi) is 9.70. The van der Waals surface area contributed by atoms with E-state index >= 15 is 0 Å². The lowest BCUT2D eigenvalue weighted by molar-refractivity contribution is 0.433. The fourth-order valence-corrected chi connectivity index (χ4v) is 0.926. The zero-order chi connectivity index (χ0) is 14.0. The average molecular weight is 239 g/mol. The van der Waals surface area contributed by atoms with Gasteiger partial charge in [-0.1, -0.05) is 46.9 Å². The van der Waals surface area contributed by atoms with E-state index in [1.807, 2.05) is 27.7 Å². The molecule has 0 aliphatic heterocycles. The fourth-order valence-electron chi connectivity index (χ4n) is 0.926. The molecule has 0 aliphatic rings. The van der Waals surface area contributed by atoms with Crippen LogP contribution in [0.25, 0.3) is 12.2 Å². The van der Waals surface area contributed by atoms with E-state index in [9.17, 15) is 9.59 Å². The summed E-state index contributed by atoms with van der Waals surface area (Å²) in [7, 11) is 1.34. The van der Waals surface area contributed by atoms with Gasteiger partial charge in [0, 0.05) is 7.05 Å². The lowest BCUT2D eigenvalue weighted by Gasteiger charge is -2.00.